The highest BCUT2D eigenvalue weighted by atomic mass is 19.1. The Bertz CT molecular complexity index is 828. The minimum atomic E-state index is -0.232. The molecule has 128 valence electrons. The molecule has 3 nitrogen and oxygen atoms in total. The number of benzene rings is 2. The average molecular weight is 336 g/mol. The van der Waals surface area contributed by atoms with Crippen molar-refractivity contribution in [2.45, 2.75) is 25.3 Å². The summed E-state index contributed by atoms with van der Waals surface area (Å²) in [4.78, 5) is 12.5. The van der Waals surface area contributed by atoms with Gasteiger partial charge in [-0.05, 0) is 48.6 Å². The van der Waals surface area contributed by atoms with E-state index in [1.165, 1.54) is 17.7 Å². The molecule has 2 aromatic rings. The van der Waals surface area contributed by atoms with E-state index in [4.69, 9.17) is 0 Å². The van der Waals surface area contributed by atoms with Crippen molar-refractivity contribution in [2.24, 2.45) is 5.92 Å². The molecule has 0 radical (unpaired) electrons. The van der Waals surface area contributed by atoms with Crippen molar-refractivity contribution < 1.29 is 9.18 Å². The van der Waals surface area contributed by atoms with Gasteiger partial charge < -0.3 is 10.6 Å². The lowest BCUT2D eigenvalue weighted by Crippen LogP contribution is -2.32. The molecule has 1 amide bonds. The molecule has 2 aliphatic rings. The lowest BCUT2D eigenvalue weighted by atomic mass is 9.76. The Hall–Kier alpha value is -2.62. The Balaban J connectivity index is 1.79. The second-order valence-corrected chi connectivity index (χ2v) is 6.66. The van der Waals surface area contributed by atoms with E-state index in [0.29, 0.717) is 18.0 Å². The van der Waals surface area contributed by atoms with E-state index < -0.39 is 0 Å². The first kappa shape index (κ1) is 15.9. The van der Waals surface area contributed by atoms with E-state index in [2.05, 4.69) is 28.9 Å². The van der Waals surface area contributed by atoms with E-state index >= 15 is 0 Å². The number of para-hydroxylation sites is 1. The van der Waals surface area contributed by atoms with Gasteiger partial charge in [0.1, 0.15) is 5.82 Å². The van der Waals surface area contributed by atoms with Crippen molar-refractivity contribution in [3.63, 3.8) is 0 Å². The Kier molecular flexibility index (Phi) is 4.04. The van der Waals surface area contributed by atoms with Crippen LogP contribution in [-0.2, 0) is 0 Å². The molecule has 1 aliphatic carbocycles. The summed E-state index contributed by atoms with van der Waals surface area (Å²) >= 11 is 0. The summed E-state index contributed by atoms with van der Waals surface area (Å²) in [5.41, 5.74) is 3.79. The molecule has 25 heavy (non-hydrogen) atoms. The monoisotopic (exact) mass is 336 g/mol. The van der Waals surface area contributed by atoms with Crippen molar-refractivity contribution in [3.05, 3.63) is 77.1 Å². The zero-order valence-electron chi connectivity index (χ0n) is 14.1. The van der Waals surface area contributed by atoms with Crippen LogP contribution in [0.1, 0.15) is 46.8 Å². The number of rotatable bonds is 3. The summed E-state index contributed by atoms with van der Waals surface area (Å²) in [5.74, 6) is 0.359. The summed E-state index contributed by atoms with van der Waals surface area (Å²) in [7, 11) is 0. The van der Waals surface area contributed by atoms with Gasteiger partial charge in [0.15, 0.2) is 0 Å². The predicted octanol–water partition coefficient (Wildman–Crippen LogP) is 4.40. The molecule has 2 aromatic carbocycles. The van der Waals surface area contributed by atoms with E-state index in [9.17, 15) is 9.18 Å². The van der Waals surface area contributed by atoms with Crippen LogP contribution in [0.25, 0.3) is 0 Å². The van der Waals surface area contributed by atoms with E-state index in [0.717, 1.165) is 17.7 Å². The zero-order chi connectivity index (χ0) is 17.4. The number of carbonyl (C=O) groups excluding carboxylic acids is 1. The maximum absolute atomic E-state index is 13.3. The molecule has 4 rings (SSSR count). The summed E-state index contributed by atoms with van der Waals surface area (Å²) in [6.07, 6.45) is 5.42. The molecule has 0 bridgehead atoms. The smallest absolute Gasteiger partial charge is 0.253 e. The van der Waals surface area contributed by atoms with E-state index in [-0.39, 0.29) is 23.7 Å². The van der Waals surface area contributed by atoms with E-state index in [1.807, 2.05) is 31.2 Å². The van der Waals surface area contributed by atoms with Gasteiger partial charge in [-0.15, -0.1) is 0 Å². The molecular formula is C21H21FN2O. The third kappa shape index (κ3) is 2.72. The van der Waals surface area contributed by atoms with Crippen LogP contribution in [0, 0.1) is 11.7 Å². The van der Waals surface area contributed by atoms with Gasteiger partial charge in [0, 0.05) is 12.5 Å². The van der Waals surface area contributed by atoms with Crippen molar-refractivity contribution in [2.75, 3.05) is 11.9 Å². The lowest BCUT2D eigenvalue weighted by Gasteiger charge is -2.38. The standard InChI is InChI=1S/C21H21FN2O/c1-2-23-21(25)18-8-4-7-17-15-5-3-6-16(15)19(24-20(17)18)13-9-11-14(22)12-10-13/h3-5,7-12,15-16,19,24H,2,6H2,1H3,(H,23,25). The Morgan fingerprint density at radius 1 is 1.24 bits per heavy atom. The number of allylic oxidation sites excluding steroid dienone is 2. The van der Waals surface area contributed by atoms with Gasteiger partial charge in [0.25, 0.3) is 5.91 Å². The SMILES string of the molecule is CCNC(=O)c1cccc2c1NC(c1ccc(F)cc1)C1CC=CC21. The molecule has 0 fully saturated rings. The molecule has 3 unspecified atom stereocenters. The van der Waals surface area contributed by atoms with Crippen LogP contribution in [0.5, 0.6) is 0 Å². The molecule has 0 aromatic heterocycles. The number of halogens is 1. The summed E-state index contributed by atoms with van der Waals surface area (Å²) < 4.78 is 13.3. The molecule has 0 saturated heterocycles. The Labute approximate surface area is 146 Å². The average Bonchev–Trinajstić information content (AvgIpc) is 3.11. The highest BCUT2D eigenvalue weighted by molar-refractivity contribution is 6.00. The first-order valence-electron chi connectivity index (χ1n) is 8.79. The van der Waals surface area contributed by atoms with Crippen LogP contribution in [0.15, 0.2) is 54.6 Å². The molecule has 1 heterocycles. The number of anilines is 1. The van der Waals surface area contributed by atoms with Gasteiger partial charge in [-0.25, -0.2) is 4.39 Å². The quantitative estimate of drug-likeness (QED) is 0.816. The minimum Gasteiger partial charge on any atom is -0.377 e. The number of carbonyl (C=O) groups is 1. The molecule has 4 heteroatoms. The second kappa shape index (κ2) is 6.36. The van der Waals surface area contributed by atoms with Crippen molar-refractivity contribution in [1.82, 2.24) is 5.32 Å². The van der Waals surface area contributed by atoms with Gasteiger partial charge in [0.05, 0.1) is 17.3 Å². The number of hydrogen-bond donors (Lipinski definition) is 2. The number of nitrogens with one attached hydrogen (secondary N) is 2. The van der Waals surface area contributed by atoms with Gasteiger partial charge in [-0.2, -0.15) is 0 Å². The minimum absolute atomic E-state index is 0.0590. The molecule has 3 atom stereocenters. The normalized spacial score (nSPS) is 23.5. The fourth-order valence-corrected chi connectivity index (χ4v) is 4.07. The molecule has 2 N–H and O–H groups in total. The molecule has 1 aliphatic heterocycles. The zero-order valence-corrected chi connectivity index (χ0v) is 14.1. The summed E-state index contributed by atoms with van der Waals surface area (Å²) in [5, 5.41) is 6.48. The van der Waals surface area contributed by atoms with Crippen LogP contribution >= 0.6 is 0 Å². The van der Waals surface area contributed by atoms with Crippen LogP contribution in [0.4, 0.5) is 10.1 Å². The predicted molar refractivity (Wildman–Crippen MR) is 97.2 cm³/mol. The highest BCUT2D eigenvalue weighted by Gasteiger charge is 2.39. The number of fused-ring (bicyclic) bond motifs is 3. The van der Waals surface area contributed by atoms with E-state index in [1.54, 1.807) is 0 Å². The topological polar surface area (TPSA) is 41.1 Å². The summed E-state index contributed by atoms with van der Waals surface area (Å²) in [6, 6.07) is 12.6. The largest absolute Gasteiger partial charge is 0.377 e. The maximum Gasteiger partial charge on any atom is 0.253 e. The number of hydrogen-bond acceptors (Lipinski definition) is 2. The van der Waals surface area contributed by atoms with Gasteiger partial charge in [0.2, 0.25) is 0 Å². The Morgan fingerprint density at radius 3 is 2.80 bits per heavy atom. The van der Waals surface area contributed by atoms with Crippen LogP contribution in [-0.4, -0.2) is 12.5 Å². The number of amides is 1. The lowest BCUT2D eigenvalue weighted by molar-refractivity contribution is 0.0956. The van der Waals surface area contributed by atoms with Gasteiger partial charge in [-0.1, -0.05) is 36.4 Å². The molecule has 0 saturated carbocycles. The fourth-order valence-electron chi connectivity index (χ4n) is 4.07. The molecular weight excluding hydrogens is 315 g/mol. The van der Waals surface area contributed by atoms with Crippen LogP contribution < -0.4 is 10.6 Å². The fraction of sp³-hybridized carbons (Fsp3) is 0.286. The first-order valence-corrected chi connectivity index (χ1v) is 8.79. The highest BCUT2D eigenvalue weighted by Crippen LogP contribution is 2.50. The second-order valence-electron chi connectivity index (χ2n) is 6.66. The van der Waals surface area contributed by atoms with Crippen molar-refractivity contribution in [1.29, 1.82) is 0 Å². The third-order valence-corrected chi connectivity index (χ3v) is 5.21. The summed E-state index contributed by atoms with van der Waals surface area (Å²) in [6.45, 7) is 2.51. The molecule has 0 spiro atoms. The van der Waals surface area contributed by atoms with Crippen LogP contribution in [0.3, 0.4) is 0 Å². The maximum atomic E-state index is 13.3. The van der Waals surface area contributed by atoms with Gasteiger partial charge in [-0.3, -0.25) is 4.79 Å². The first-order chi connectivity index (χ1) is 12.2. The van der Waals surface area contributed by atoms with Crippen LogP contribution in [0.2, 0.25) is 0 Å². The third-order valence-electron chi connectivity index (χ3n) is 5.21. The van der Waals surface area contributed by atoms with Crippen molar-refractivity contribution in [3.8, 4) is 0 Å². The Morgan fingerprint density at radius 2 is 2.04 bits per heavy atom. The van der Waals surface area contributed by atoms with Crippen molar-refractivity contribution >= 4 is 11.6 Å². The van der Waals surface area contributed by atoms with Gasteiger partial charge >= 0.3 is 0 Å².